The molecular weight excluding hydrogens is 453 g/mol. The average Bonchev–Trinajstić information content (AvgIpc) is 2.97. The number of rotatable bonds is 4. The van der Waals surface area contributed by atoms with Gasteiger partial charge >= 0.3 is 0 Å². The van der Waals surface area contributed by atoms with E-state index in [0.717, 1.165) is 77.0 Å². The summed E-state index contributed by atoms with van der Waals surface area (Å²) in [5, 5.41) is -1.98. The first-order chi connectivity index (χ1) is 15.4. The van der Waals surface area contributed by atoms with Crippen LogP contribution in [0.2, 0.25) is 0 Å². The number of hydrogen-bond acceptors (Lipinski definition) is 2. The Bertz CT molecular complexity index is 737. The van der Waals surface area contributed by atoms with Gasteiger partial charge in [-0.15, -0.1) is 0 Å². The summed E-state index contributed by atoms with van der Waals surface area (Å²) in [6, 6.07) is 0. The van der Waals surface area contributed by atoms with Crippen LogP contribution in [0.1, 0.15) is 146 Å². The van der Waals surface area contributed by atoms with Crippen LogP contribution in [0.25, 0.3) is 0 Å². The lowest BCUT2D eigenvalue weighted by atomic mass is 9.79. The lowest BCUT2D eigenvalue weighted by Crippen LogP contribution is -2.20. The molecule has 32 heavy (non-hydrogen) atoms. The highest BCUT2D eigenvalue weighted by Crippen LogP contribution is 2.43. The van der Waals surface area contributed by atoms with Gasteiger partial charge in [-0.1, -0.05) is 77.0 Å². The zero-order valence-electron chi connectivity index (χ0n) is 18.8. The summed E-state index contributed by atoms with van der Waals surface area (Å²) in [4.78, 5) is 24.9. The first kappa shape index (κ1) is 25.6. The molecule has 0 atom stereocenters. The third kappa shape index (κ3) is 6.11. The van der Waals surface area contributed by atoms with E-state index >= 15 is 8.78 Å². The third-order valence-electron chi connectivity index (χ3n) is 7.37. The van der Waals surface area contributed by atoms with Crippen molar-refractivity contribution in [2.75, 3.05) is 0 Å². The van der Waals surface area contributed by atoms with Crippen molar-refractivity contribution in [2.45, 2.75) is 115 Å². The van der Waals surface area contributed by atoms with Crippen molar-refractivity contribution in [2.24, 2.45) is 0 Å². The molecule has 2 fully saturated rings. The van der Waals surface area contributed by atoms with E-state index in [1.54, 1.807) is 0 Å². The Labute approximate surface area is 200 Å². The lowest BCUT2D eigenvalue weighted by molar-refractivity contribution is 0.106. The van der Waals surface area contributed by atoms with Crippen LogP contribution >= 0.6 is 23.2 Å². The van der Waals surface area contributed by atoms with Gasteiger partial charge < -0.3 is 0 Å². The van der Waals surface area contributed by atoms with Crippen LogP contribution in [0.15, 0.2) is 0 Å². The number of benzene rings is 1. The van der Waals surface area contributed by atoms with Crippen molar-refractivity contribution in [3.05, 3.63) is 33.9 Å². The number of hydrogen-bond donors (Lipinski definition) is 0. The third-order valence-corrected chi connectivity index (χ3v) is 7.75. The molecule has 2 aliphatic carbocycles. The molecule has 0 aromatic heterocycles. The quantitative estimate of drug-likeness (QED) is 0.397. The molecular formula is C26H34Cl2F2O2. The van der Waals surface area contributed by atoms with Crippen molar-refractivity contribution in [3.63, 3.8) is 0 Å². The molecule has 2 aliphatic rings. The highest BCUT2D eigenvalue weighted by Gasteiger charge is 2.35. The first-order valence-electron chi connectivity index (χ1n) is 12.4. The number of carbonyl (C=O) groups is 2. The Morgan fingerprint density at radius 2 is 0.781 bits per heavy atom. The van der Waals surface area contributed by atoms with E-state index in [1.807, 2.05) is 0 Å². The van der Waals surface area contributed by atoms with Crippen LogP contribution in [0, 0.1) is 11.6 Å². The molecule has 0 aliphatic heterocycles. The molecule has 0 N–H and O–H groups in total. The van der Waals surface area contributed by atoms with Gasteiger partial charge in [0.1, 0.15) is 11.6 Å². The lowest BCUT2D eigenvalue weighted by Gasteiger charge is -2.26. The van der Waals surface area contributed by atoms with Crippen LogP contribution in [-0.2, 0) is 0 Å². The molecule has 1 aromatic carbocycles. The Balaban J connectivity index is 2.16. The van der Waals surface area contributed by atoms with Gasteiger partial charge in [0.25, 0.3) is 10.5 Å². The predicted octanol–water partition coefficient (Wildman–Crippen LogP) is 9.16. The van der Waals surface area contributed by atoms with Crippen LogP contribution in [0.3, 0.4) is 0 Å². The van der Waals surface area contributed by atoms with Crippen LogP contribution in [0.5, 0.6) is 0 Å². The topological polar surface area (TPSA) is 34.1 Å². The van der Waals surface area contributed by atoms with Crippen molar-refractivity contribution >= 4 is 33.7 Å². The number of halogens is 4. The second-order valence-electron chi connectivity index (χ2n) is 9.54. The van der Waals surface area contributed by atoms with Crippen LogP contribution in [-0.4, -0.2) is 10.5 Å². The van der Waals surface area contributed by atoms with Crippen molar-refractivity contribution in [3.8, 4) is 0 Å². The minimum absolute atomic E-state index is 0.0276. The highest BCUT2D eigenvalue weighted by atomic mass is 35.5. The van der Waals surface area contributed by atoms with Gasteiger partial charge in [-0.25, -0.2) is 8.78 Å². The number of carbonyl (C=O) groups excluding carboxylic acids is 2. The second-order valence-corrected chi connectivity index (χ2v) is 10.2. The summed E-state index contributed by atoms with van der Waals surface area (Å²) in [5.74, 6) is -2.33. The first-order valence-corrected chi connectivity index (χ1v) is 13.1. The molecule has 6 heteroatoms. The van der Waals surface area contributed by atoms with E-state index in [2.05, 4.69) is 0 Å². The van der Waals surface area contributed by atoms with E-state index in [4.69, 9.17) is 23.2 Å². The maximum absolute atomic E-state index is 16.0. The molecule has 3 rings (SSSR count). The van der Waals surface area contributed by atoms with E-state index in [9.17, 15) is 9.59 Å². The largest absolute Gasteiger partial charge is 0.275 e. The zero-order valence-corrected chi connectivity index (χ0v) is 20.3. The molecule has 0 bridgehead atoms. The molecule has 0 radical (unpaired) electrons. The Hall–Kier alpha value is -1.000. The molecule has 1 aromatic rings. The second kappa shape index (κ2) is 12.5. The smallest absolute Gasteiger partial charge is 0.255 e. The van der Waals surface area contributed by atoms with Crippen molar-refractivity contribution < 1.29 is 18.4 Å². The molecule has 0 spiro atoms. The summed E-state index contributed by atoms with van der Waals surface area (Å²) < 4.78 is 32.1. The summed E-state index contributed by atoms with van der Waals surface area (Å²) in [5.41, 5.74) is -0.796. The predicted molar refractivity (Wildman–Crippen MR) is 126 cm³/mol. The summed E-state index contributed by atoms with van der Waals surface area (Å²) in [7, 11) is 0. The van der Waals surface area contributed by atoms with E-state index in [1.165, 1.54) is 0 Å². The standard InChI is InChI=1S/C26H34Cl2F2O2/c27-25(31)21-19(17-13-9-5-1-2-6-10-14-17)23(29)22(26(28)32)20(24(21)30)18-15-11-7-3-4-8-12-16-18/h17-18H,1-16H2. The van der Waals surface area contributed by atoms with Gasteiger partial charge in [0.05, 0.1) is 11.1 Å². The van der Waals surface area contributed by atoms with Gasteiger partial charge in [0.15, 0.2) is 0 Å². The molecule has 0 amide bonds. The summed E-state index contributed by atoms with van der Waals surface area (Å²) in [6.45, 7) is 0. The normalized spacial score (nSPS) is 20.4. The minimum Gasteiger partial charge on any atom is -0.275 e. The molecule has 0 unspecified atom stereocenters. The Kier molecular flexibility index (Phi) is 9.98. The van der Waals surface area contributed by atoms with E-state index in [-0.39, 0.29) is 34.1 Å². The maximum atomic E-state index is 16.0. The fraction of sp³-hybridized carbons (Fsp3) is 0.692. The summed E-state index contributed by atoms with van der Waals surface area (Å²) in [6.07, 6.45) is 14.6. The highest BCUT2D eigenvalue weighted by molar-refractivity contribution is 6.69. The van der Waals surface area contributed by atoms with Gasteiger partial charge in [0, 0.05) is 11.1 Å². The Morgan fingerprint density at radius 1 is 0.531 bits per heavy atom. The van der Waals surface area contributed by atoms with E-state index in [0.29, 0.717) is 25.7 Å². The van der Waals surface area contributed by atoms with Crippen LogP contribution < -0.4 is 0 Å². The van der Waals surface area contributed by atoms with Gasteiger partial charge in [-0.2, -0.15) is 0 Å². The minimum atomic E-state index is -0.992. The van der Waals surface area contributed by atoms with Crippen molar-refractivity contribution in [1.82, 2.24) is 0 Å². The molecule has 0 heterocycles. The maximum Gasteiger partial charge on any atom is 0.255 e. The van der Waals surface area contributed by atoms with Gasteiger partial charge in [-0.3, -0.25) is 9.59 Å². The molecule has 178 valence electrons. The molecule has 2 saturated carbocycles. The summed E-state index contributed by atoms with van der Waals surface area (Å²) >= 11 is 11.7. The van der Waals surface area contributed by atoms with Crippen molar-refractivity contribution in [1.29, 1.82) is 0 Å². The van der Waals surface area contributed by atoms with Crippen LogP contribution in [0.4, 0.5) is 8.78 Å². The monoisotopic (exact) mass is 486 g/mol. The molecule has 2 nitrogen and oxygen atoms in total. The average molecular weight is 487 g/mol. The Morgan fingerprint density at radius 3 is 1.03 bits per heavy atom. The SMILES string of the molecule is O=C(Cl)c1c(F)c(C2CCCCCCCC2)c(C(=O)Cl)c(F)c1C1CCCCCCCC1. The molecule has 0 saturated heterocycles. The van der Waals surface area contributed by atoms with E-state index < -0.39 is 22.1 Å². The zero-order chi connectivity index (χ0) is 23.1. The van der Waals surface area contributed by atoms with Gasteiger partial charge in [0.2, 0.25) is 0 Å². The van der Waals surface area contributed by atoms with Gasteiger partial charge in [-0.05, 0) is 60.7 Å². The fourth-order valence-corrected chi connectivity index (χ4v) is 6.09. The fourth-order valence-electron chi connectivity index (χ4n) is 5.72.